The Hall–Kier alpha value is -2.76. The Morgan fingerprint density at radius 1 is 0.980 bits per heavy atom. The van der Waals surface area contributed by atoms with Gasteiger partial charge in [0, 0.05) is 24.6 Å². The number of nitrogens with zero attached hydrogens (tertiary/aromatic N) is 3. The maximum absolute atomic E-state index is 14.1. The lowest BCUT2D eigenvalue weighted by Gasteiger charge is -2.52. The molecule has 0 spiro atoms. The van der Waals surface area contributed by atoms with Crippen molar-refractivity contribution in [2.45, 2.75) is 122 Å². The lowest BCUT2D eigenvalue weighted by atomic mass is 9.97. The van der Waals surface area contributed by atoms with E-state index in [2.05, 4.69) is 62.0 Å². The molecule has 284 valence electrons. The van der Waals surface area contributed by atoms with Crippen LogP contribution in [0.4, 0.5) is 10.3 Å². The number of rotatable bonds is 14. The third kappa shape index (κ3) is 10.0. The fourth-order valence-electron chi connectivity index (χ4n) is 6.54. The van der Waals surface area contributed by atoms with Crippen LogP contribution >= 0.6 is 0 Å². The van der Waals surface area contributed by atoms with Crippen LogP contribution in [0.15, 0.2) is 43.0 Å². The molecule has 14 heteroatoms. The van der Waals surface area contributed by atoms with E-state index >= 15 is 0 Å². The molecule has 0 radical (unpaired) electrons. The summed E-state index contributed by atoms with van der Waals surface area (Å²) in [7, 11) is -8.30. The van der Waals surface area contributed by atoms with Crippen molar-refractivity contribution in [1.29, 1.82) is 0 Å². The Labute approximate surface area is 307 Å². The van der Waals surface area contributed by atoms with Gasteiger partial charge in [-0.15, -0.1) is 0 Å². The predicted molar refractivity (Wildman–Crippen MR) is 207 cm³/mol. The number of sulfonamides is 1. The SMILES string of the molecule is C=CCOC(=O)CC1CC(C=Cc2c(-c3ccc(F)cc3)nc(N(C)S(C)(=O)=O)nc2C(C)C)O[Si](C(C)C)(C(C)C)O[Si](C(C)C)(C(C)C)O1. The van der Waals surface area contributed by atoms with Crippen molar-refractivity contribution in [2.24, 2.45) is 0 Å². The van der Waals surface area contributed by atoms with Crippen LogP contribution in [0.5, 0.6) is 0 Å². The molecule has 2 heterocycles. The van der Waals surface area contributed by atoms with Gasteiger partial charge in [-0.3, -0.25) is 4.79 Å². The smallest absolute Gasteiger partial charge is 0.335 e. The van der Waals surface area contributed by atoms with E-state index in [0.717, 1.165) is 10.6 Å². The predicted octanol–water partition coefficient (Wildman–Crippen LogP) is 8.65. The van der Waals surface area contributed by atoms with E-state index in [1.807, 2.05) is 26.0 Å². The fraction of sp³-hybridized carbons (Fsp3) is 0.595. The number of esters is 1. The lowest BCUT2D eigenvalue weighted by molar-refractivity contribution is -0.145. The number of halogens is 1. The average Bonchev–Trinajstić information content (AvgIpc) is 3.02. The average molecular weight is 764 g/mol. The van der Waals surface area contributed by atoms with Crippen molar-refractivity contribution < 1.29 is 35.3 Å². The molecule has 2 atom stereocenters. The van der Waals surface area contributed by atoms with Gasteiger partial charge in [0.15, 0.2) is 0 Å². The van der Waals surface area contributed by atoms with Crippen molar-refractivity contribution in [3.05, 3.63) is 60.1 Å². The van der Waals surface area contributed by atoms with Crippen LogP contribution in [0, 0.1) is 5.82 Å². The normalized spacial score (nSPS) is 19.6. The second kappa shape index (κ2) is 17.4. The molecule has 1 aliphatic heterocycles. The topological polar surface area (TPSA) is 117 Å². The molecule has 0 amide bonds. The molecule has 1 aromatic heterocycles. The van der Waals surface area contributed by atoms with Gasteiger partial charge in [-0.2, -0.15) is 0 Å². The maximum atomic E-state index is 14.1. The number of anilines is 1. The zero-order chi connectivity index (χ0) is 38.5. The first kappa shape index (κ1) is 42.7. The van der Waals surface area contributed by atoms with E-state index in [1.165, 1.54) is 25.3 Å². The van der Waals surface area contributed by atoms with Crippen LogP contribution < -0.4 is 4.31 Å². The minimum Gasteiger partial charge on any atom is -0.461 e. The minimum atomic E-state index is -3.68. The van der Waals surface area contributed by atoms with Crippen LogP contribution in [0.1, 0.15) is 99.3 Å². The highest BCUT2D eigenvalue weighted by Crippen LogP contribution is 2.47. The van der Waals surface area contributed by atoms with Gasteiger partial charge in [0.2, 0.25) is 16.0 Å². The van der Waals surface area contributed by atoms with Gasteiger partial charge >= 0.3 is 23.1 Å². The molecule has 3 rings (SSSR count). The summed E-state index contributed by atoms with van der Waals surface area (Å²) in [6.45, 7) is 24.8. The maximum Gasteiger partial charge on any atom is 0.335 e. The van der Waals surface area contributed by atoms with E-state index in [0.29, 0.717) is 28.9 Å². The molecular weight excluding hydrogens is 706 g/mol. The molecule has 1 aromatic carbocycles. The van der Waals surface area contributed by atoms with E-state index in [9.17, 15) is 17.6 Å². The van der Waals surface area contributed by atoms with Gasteiger partial charge in [-0.05, 0) is 52.3 Å². The van der Waals surface area contributed by atoms with E-state index < -0.39 is 51.1 Å². The largest absolute Gasteiger partial charge is 0.461 e. The summed E-state index contributed by atoms with van der Waals surface area (Å²) in [5.74, 6) is -0.933. The second-order valence-corrected chi connectivity index (χ2v) is 25.7. The van der Waals surface area contributed by atoms with E-state index in [4.69, 9.17) is 27.7 Å². The van der Waals surface area contributed by atoms with Gasteiger partial charge in [-0.1, -0.05) is 94.0 Å². The van der Waals surface area contributed by atoms with Crippen LogP contribution in [0.25, 0.3) is 17.3 Å². The van der Waals surface area contributed by atoms with Gasteiger partial charge in [-0.25, -0.2) is 27.1 Å². The summed E-state index contributed by atoms with van der Waals surface area (Å²) in [6, 6.07) is 5.90. The Morgan fingerprint density at radius 2 is 1.53 bits per heavy atom. The van der Waals surface area contributed by atoms with Crippen molar-refractivity contribution in [3.63, 3.8) is 0 Å². The quantitative estimate of drug-likeness (QED) is 0.106. The summed E-state index contributed by atoms with van der Waals surface area (Å²) < 4.78 is 67.5. The molecule has 51 heavy (non-hydrogen) atoms. The van der Waals surface area contributed by atoms with E-state index in [1.54, 1.807) is 12.1 Å². The van der Waals surface area contributed by atoms with E-state index in [-0.39, 0.29) is 47.1 Å². The van der Waals surface area contributed by atoms with Crippen molar-refractivity contribution in [1.82, 2.24) is 9.97 Å². The first-order valence-electron chi connectivity index (χ1n) is 17.8. The molecule has 0 N–H and O–H groups in total. The minimum absolute atomic E-state index is 0.00879. The highest BCUT2D eigenvalue weighted by atomic mass is 32.2. The van der Waals surface area contributed by atoms with Crippen LogP contribution in [0.2, 0.25) is 22.2 Å². The van der Waals surface area contributed by atoms with Crippen molar-refractivity contribution >= 4 is 45.1 Å². The van der Waals surface area contributed by atoms with Crippen molar-refractivity contribution in [2.75, 3.05) is 24.2 Å². The summed E-state index contributed by atoms with van der Waals surface area (Å²) in [6.07, 6.45) is 5.76. The standard InChI is InChI=1S/C37H58FN3O7SSi2/c1-14-21-45-34(42)23-32-22-31(46-50(25(4)5,26(6)7)48-51(47-32,27(8)9)28(10)11)19-20-33-35(24(2)3)39-37(41(12)49(13,43)44)40-36(33)29-15-17-30(38)18-16-29/h14-20,24-28,31-32H,1,21-23H2,2-13H3. The Kier molecular flexibility index (Phi) is 14.5. The third-order valence-electron chi connectivity index (χ3n) is 9.36. The zero-order valence-corrected chi connectivity index (χ0v) is 35.2. The number of hydrogen-bond donors (Lipinski definition) is 0. The molecule has 0 saturated carbocycles. The molecule has 2 unspecified atom stereocenters. The Morgan fingerprint density at radius 3 is 2.02 bits per heavy atom. The monoisotopic (exact) mass is 763 g/mol. The second-order valence-electron chi connectivity index (χ2n) is 14.9. The van der Waals surface area contributed by atoms with Crippen LogP contribution in [0.3, 0.4) is 0 Å². The molecular formula is C37H58FN3O7SSi2. The summed E-state index contributed by atoms with van der Waals surface area (Å²) in [5, 5.41) is 0. The Balaban J connectivity index is 2.30. The molecule has 2 aromatic rings. The molecule has 10 nitrogen and oxygen atoms in total. The first-order valence-corrected chi connectivity index (χ1v) is 23.6. The fourth-order valence-corrected chi connectivity index (χ4v) is 18.2. The van der Waals surface area contributed by atoms with Crippen molar-refractivity contribution in [3.8, 4) is 11.3 Å². The summed E-state index contributed by atoms with van der Waals surface area (Å²) >= 11 is 0. The number of hydrogen-bond acceptors (Lipinski definition) is 9. The summed E-state index contributed by atoms with van der Waals surface area (Å²) in [4.78, 5) is 22.5. The third-order valence-corrected chi connectivity index (χ3v) is 20.9. The van der Waals surface area contributed by atoms with Crippen LogP contribution in [-0.2, 0) is 32.5 Å². The molecule has 0 bridgehead atoms. The highest BCUT2D eigenvalue weighted by Gasteiger charge is 2.59. The molecule has 1 saturated heterocycles. The number of aromatic nitrogens is 2. The molecule has 1 fully saturated rings. The first-order chi connectivity index (χ1) is 23.7. The highest BCUT2D eigenvalue weighted by molar-refractivity contribution is 7.92. The van der Waals surface area contributed by atoms with Gasteiger partial charge < -0.3 is 17.7 Å². The number of benzene rings is 1. The number of carbonyl (C=O) groups is 1. The molecule has 1 aliphatic rings. The Bertz CT molecular complexity index is 1630. The lowest BCUT2D eigenvalue weighted by Crippen LogP contribution is -2.64. The summed E-state index contributed by atoms with van der Waals surface area (Å²) in [5.41, 5.74) is 2.60. The van der Waals surface area contributed by atoms with Gasteiger partial charge in [0.25, 0.3) is 0 Å². The van der Waals surface area contributed by atoms with Gasteiger partial charge in [0.1, 0.15) is 12.4 Å². The molecule has 0 aliphatic carbocycles. The number of carbonyl (C=O) groups excluding carboxylic acids is 1. The van der Waals surface area contributed by atoms with Gasteiger partial charge in [0.05, 0.1) is 36.3 Å². The zero-order valence-electron chi connectivity index (χ0n) is 32.4. The van der Waals surface area contributed by atoms with Crippen LogP contribution in [-0.4, -0.2) is 73.6 Å². The number of ether oxygens (including phenoxy) is 1.